The van der Waals surface area contributed by atoms with Crippen molar-refractivity contribution in [3.63, 3.8) is 0 Å². The maximum absolute atomic E-state index is 14.0. The third-order valence-corrected chi connectivity index (χ3v) is 5.10. The van der Waals surface area contributed by atoms with Crippen LogP contribution in [0.5, 0.6) is 5.75 Å². The molecule has 3 rings (SSSR count). The van der Waals surface area contributed by atoms with Gasteiger partial charge in [-0.1, -0.05) is 17.7 Å². The first-order valence-corrected chi connectivity index (χ1v) is 10.0. The predicted octanol–water partition coefficient (Wildman–Crippen LogP) is 5.12. The summed E-state index contributed by atoms with van der Waals surface area (Å²) in [5.41, 5.74) is 1.41. The Morgan fingerprint density at radius 3 is 2.50 bits per heavy atom. The van der Waals surface area contributed by atoms with Crippen LogP contribution in [-0.4, -0.2) is 30.0 Å². The Bertz CT molecular complexity index is 803. The monoisotopic (exact) mass is 404 g/mol. The van der Waals surface area contributed by atoms with E-state index in [-0.39, 0.29) is 23.7 Å². The molecule has 0 aliphatic carbocycles. The van der Waals surface area contributed by atoms with E-state index >= 15 is 0 Å². The van der Waals surface area contributed by atoms with E-state index in [2.05, 4.69) is 10.2 Å². The molecule has 2 aromatic rings. The lowest BCUT2D eigenvalue weighted by Gasteiger charge is -2.31. The molecule has 0 bridgehead atoms. The van der Waals surface area contributed by atoms with Crippen LogP contribution >= 0.6 is 11.6 Å². The maximum atomic E-state index is 14.0. The molecule has 150 valence electrons. The van der Waals surface area contributed by atoms with Crippen molar-refractivity contribution in [3.8, 4) is 5.75 Å². The van der Waals surface area contributed by atoms with E-state index < -0.39 is 0 Å². The average Bonchev–Trinajstić information content (AvgIpc) is 2.66. The fraction of sp³-hybridized carbons (Fsp3) is 0.409. The zero-order valence-corrected chi connectivity index (χ0v) is 17.0. The SMILES string of the molecule is CC(C)Oc1ccc(NC(=O)C2CCN(Cc3ccc(Cl)cc3F)CC2)cc1. The number of anilines is 1. The van der Waals surface area contributed by atoms with E-state index in [0.717, 1.165) is 37.4 Å². The quantitative estimate of drug-likeness (QED) is 0.726. The summed E-state index contributed by atoms with van der Waals surface area (Å²) in [6.45, 7) is 6.02. The van der Waals surface area contributed by atoms with Gasteiger partial charge in [-0.25, -0.2) is 4.39 Å². The molecule has 0 saturated carbocycles. The highest BCUT2D eigenvalue weighted by molar-refractivity contribution is 6.30. The number of rotatable bonds is 6. The van der Waals surface area contributed by atoms with Crippen molar-refractivity contribution in [1.82, 2.24) is 4.90 Å². The molecule has 1 aliphatic rings. The van der Waals surface area contributed by atoms with E-state index in [4.69, 9.17) is 16.3 Å². The Hall–Kier alpha value is -2.11. The van der Waals surface area contributed by atoms with Gasteiger partial charge in [-0.3, -0.25) is 9.69 Å². The minimum atomic E-state index is -0.280. The van der Waals surface area contributed by atoms with Crippen LogP contribution in [0.1, 0.15) is 32.3 Å². The van der Waals surface area contributed by atoms with Crippen LogP contribution < -0.4 is 10.1 Å². The first-order valence-electron chi connectivity index (χ1n) is 9.64. The highest BCUT2D eigenvalue weighted by Gasteiger charge is 2.25. The van der Waals surface area contributed by atoms with Crippen LogP contribution in [0, 0.1) is 11.7 Å². The van der Waals surface area contributed by atoms with Crippen molar-refractivity contribution in [3.05, 3.63) is 58.9 Å². The number of hydrogen-bond acceptors (Lipinski definition) is 3. The Balaban J connectivity index is 1.48. The molecule has 6 heteroatoms. The van der Waals surface area contributed by atoms with Gasteiger partial charge in [0.15, 0.2) is 0 Å². The standard InChI is InChI=1S/C22H26ClFN2O2/c1-15(2)28-20-7-5-19(6-8-20)25-22(27)16-9-11-26(12-10-16)14-17-3-4-18(23)13-21(17)24/h3-8,13,15-16H,9-12,14H2,1-2H3,(H,25,27). The second-order valence-corrected chi connectivity index (χ2v) is 7.90. The molecule has 0 unspecified atom stereocenters. The average molecular weight is 405 g/mol. The zero-order valence-electron chi connectivity index (χ0n) is 16.3. The number of benzene rings is 2. The van der Waals surface area contributed by atoms with Gasteiger partial charge in [0.1, 0.15) is 11.6 Å². The van der Waals surface area contributed by atoms with Crippen molar-refractivity contribution in [2.75, 3.05) is 18.4 Å². The first-order chi connectivity index (χ1) is 13.4. The molecule has 2 aromatic carbocycles. The van der Waals surface area contributed by atoms with Gasteiger partial charge in [-0.2, -0.15) is 0 Å². The number of ether oxygens (including phenoxy) is 1. The second-order valence-electron chi connectivity index (χ2n) is 7.47. The summed E-state index contributed by atoms with van der Waals surface area (Å²) in [7, 11) is 0. The number of piperidine rings is 1. The van der Waals surface area contributed by atoms with Crippen LogP contribution in [0.4, 0.5) is 10.1 Å². The molecule has 1 aliphatic heterocycles. The van der Waals surface area contributed by atoms with Gasteiger partial charge >= 0.3 is 0 Å². The molecule has 1 saturated heterocycles. The molecule has 28 heavy (non-hydrogen) atoms. The Kier molecular flexibility index (Phi) is 6.92. The van der Waals surface area contributed by atoms with Crippen LogP contribution in [0.25, 0.3) is 0 Å². The van der Waals surface area contributed by atoms with Gasteiger partial charge in [0.2, 0.25) is 5.91 Å². The van der Waals surface area contributed by atoms with Gasteiger partial charge in [-0.05, 0) is 76.2 Å². The lowest BCUT2D eigenvalue weighted by atomic mass is 9.95. The Labute approximate surface area is 170 Å². The normalized spacial score (nSPS) is 15.6. The minimum absolute atomic E-state index is 0.0297. The van der Waals surface area contributed by atoms with E-state index in [0.29, 0.717) is 17.1 Å². The molecule has 0 spiro atoms. The second kappa shape index (κ2) is 9.39. The molecule has 1 fully saturated rings. The number of likely N-dealkylation sites (tertiary alicyclic amines) is 1. The number of nitrogens with one attached hydrogen (secondary N) is 1. The van der Waals surface area contributed by atoms with Crippen LogP contribution in [0.3, 0.4) is 0 Å². The van der Waals surface area contributed by atoms with E-state index in [1.54, 1.807) is 12.1 Å². The van der Waals surface area contributed by atoms with Crippen LogP contribution in [0.15, 0.2) is 42.5 Å². The molecule has 0 aromatic heterocycles. The van der Waals surface area contributed by atoms with Gasteiger partial charge in [-0.15, -0.1) is 0 Å². The third kappa shape index (κ3) is 5.69. The van der Waals surface area contributed by atoms with Crippen molar-refractivity contribution in [1.29, 1.82) is 0 Å². The summed E-state index contributed by atoms with van der Waals surface area (Å²) in [6.07, 6.45) is 1.64. The smallest absolute Gasteiger partial charge is 0.227 e. The topological polar surface area (TPSA) is 41.6 Å². The van der Waals surface area contributed by atoms with E-state index in [9.17, 15) is 9.18 Å². The van der Waals surface area contributed by atoms with E-state index in [1.165, 1.54) is 6.07 Å². The molecule has 1 N–H and O–H groups in total. The van der Waals surface area contributed by atoms with Gasteiger partial charge < -0.3 is 10.1 Å². The Morgan fingerprint density at radius 2 is 1.89 bits per heavy atom. The van der Waals surface area contributed by atoms with Crippen molar-refractivity contribution >= 4 is 23.2 Å². The van der Waals surface area contributed by atoms with Gasteiger partial charge in [0.25, 0.3) is 0 Å². The zero-order chi connectivity index (χ0) is 20.1. The number of amides is 1. The fourth-order valence-corrected chi connectivity index (χ4v) is 3.54. The maximum Gasteiger partial charge on any atom is 0.227 e. The van der Waals surface area contributed by atoms with Crippen molar-refractivity contribution in [2.24, 2.45) is 5.92 Å². The molecule has 0 radical (unpaired) electrons. The first kappa shape index (κ1) is 20.6. The van der Waals surface area contributed by atoms with Crippen molar-refractivity contribution < 1.29 is 13.9 Å². The highest BCUT2D eigenvalue weighted by atomic mass is 35.5. The number of hydrogen-bond donors (Lipinski definition) is 1. The minimum Gasteiger partial charge on any atom is -0.491 e. The summed E-state index contributed by atoms with van der Waals surface area (Å²) in [5.74, 6) is 0.515. The van der Waals surface area contributed by atoms with Crippen molar-refractivity contribution in [2.45, 2.75) is 39.3 Å². The summed E-state index contributed by atoms with van der Waals surface area (Å²) >= 11 is 5.81. The third-order valence-electron chi connectivity index (χ3n) is 4.86. The summed E-state index contributed by atoms with van der Waals surface area (Å²) in [5, 5.41) is 3.39. The molecular formula is C22H26ClFN2O2. The lowest BCUT2D eigenvalue weighted by Crippen LogP contribution is -2.37. The summed E-state index contributed by atoms with van der Waals surface area (Å²) in [6, 6.07) is 12.2. The summed E-state index contributed by atoms with van der Waals surface area (Å²) in [4.78, 5) is 14.7. The lowest BCUT2D eigenvalue weighted by molar-refractivity contribution is -0.121. The number of carbonyl (C=O) groups is 1. The Morgan fingerprint density at radius 1 is 1.21 bits per heavy atom. The van der Waals surface area contributed by atoms with Gasteiger partial charge in [0.05, 0.1) is 6.10 Å². The van der Waals surface area contributed by atoms with Crippen LogP contribution in [0.2, 0.25) is 5.02 Å². The molecule has 4 nitrogen and oxygen atoms in total. The molecule has 1 heterocycles. The predicted molar refractivity (Wildman–Crippen MR) is 110 cm³/mol. The largest absolute Gasteiger partial charge is 0.491 e. The highest BCUT2D eigenvalue weighted by Crippen LogP contribution is 2.23. The molecule has 1 amide bonds. The van der Waals surface area contributed by atoms with Crippen LogP contribution in [-0.2, 0) is 11.3 Å². The number of nitrogens with zero attached hydrogens (tertiary/aromatic N) is 1. The van der Waals surface area contributed by atoms with Gasteiger partial charge in [0, 0.05) is 28.7 Å². The summed E-state index contributed by atoms with van der Waals surface area (Å²) < 4.78 is 19.6. The number of halogens is 2. The fourth-order valence-electron chi connectivity index (χ4n) is 3.38. The number of carbonyl (C=O) groups excluding carboxylic acids is 1. The molecule has 0 atom stereocenters. The van der Waals surface area contributed by atoms with E-state index in [1.807, 2.05) is 38.1 Å². The molecular weight excluding hydrogens is 379 g/mol.